The number of hydrogen-bond acceptors (Lipinski definition) is 4. The number of para-hydroxylation sites is 2. The minimum atomic E-state index is -0.553. The molecule has 126 valence electrons. The van der Waals surface area contributed by atoms with Gasteiger partial charge in [-0.2, -0.15) is 5.26 Å². The Morgan fingerprint density at radius 1 is 1.20 bits per heavy atom. The van der Waals surface area contributed by atoms with Crippen LogP contribution >= 0.6 is 0 Å². The second-order valence-electron chi connectivity index (χ2n) is 5.63. The number of nitriles is 1. The average Bonchev–Trinajstić information content (AvgIpc) is 3.01. The minimum Gasteiger partial charge on any atom is -0.482 e. The Morgan fingerprint density at radius 2 is 1.92 bits per heavy atom. The number of nitrogens with zero attached hydrogens (tertiary/aromatic N) is 2. The molecular formula is C19H17N3O3. The second kappa shape index (κ2) is 7.49. The molecule has 0 aromatic heterocycles. The number of rotatable bonds is 5. The van der Waals surface area contributed by atoms with Gasteiger partial charge >= 0.3 is 0 Å². The molecule has 25 heavy (non-hydrogen) atoms. The summed E-state index contributed by atoms with van der Waals surface area (Å²) in [5.41, 5.74) is 1.19. The normalized spacial score (nSPS) is 16.4. The fraction of sp³-hybridized carbons (Fsp3) is 0.211. The quantitative estimate of drug-likeness (QED) is 0.904. The van der Waals surface area contributed by atoms with Crippen LogP contribution < -0.4 is 15.0 Å². The predicted octanol–water partition coefficient (Wildman–Crippen LogP) is 1.86. The van der Waals surface area contributed by atoms with Gasteiger partial charge in [0.15, 0.2) is 6.61 Å². The van der Waals surface area contributed by atoms with Gasteiger partial charge in [-0.05, 0) is 30.7 Å². The summed E-state index contributed by atoms with van der Waals surface area (Å²) in [5, 5.41) is 11.7. The molecule has 1 atom stereocenters. The Hall–Kier alpha value is -3.33. The molecule has 1 saturated heterocycles. The third kappa shape index (κ3) is 3.78. The van der Waals surface area contributed by atoms with Gasteiger partial charge < -0.3 is 15.0 Å². The highest BCUT2D eigenvalue weighted by Gasteiger charge is 2.33. The summed E-state index contributed by atoms with van der Waals surface area (Å²) in [6, 6.07) is 17.5. The molecular weight excluding hydrogens is 318 g/mol. The van der Waals surface area contributed by atoms with Crippen LogP contribution in [0.3, 0.4) is 0 Å². The number of nitrogens with one attached hydrogen (secondary N) is 1. The van der Waals surface area contributed by atoms with E-state index in [2.05, 4.69) is 5.32 Å². The van der Waals surface area contributed by atoms with Gasteiger partial charge in [-0.3, -0.25) is 9.59 Å². The van der Waals surface area contributed by atoms with E-state index in [-0.39, 0.29) is 18.4 Å². The first-order valence-electron chi connectivity index (χ1n) is 7.97. The van der Waals surface area contributed by atoms with E-state index in [0.29, 0.717) is 24.3 Å². The molecule has 0 saturated carbocycles. The molecule has 0 aliphatic carbocycles. The SMILES string of the molecule is N#Cc1ccccc1OCC(=O)NC1CCN(c2ccccc2)C1=O. The molecule has 3 rings (SSSR count). The number of carbonyl (C=O) groups excluding carboxylic acids is 2. The molecule has 2 aromatic rings. The maximum Gasteiger partial charge on any atom is 0.258 e. The van der Waals surface area contributed by atoms with E-state index < -0.39 is 6.04 Å². The minimum absolute atomic E-state index is 0.128. The van der Waals surface area contributed by atoms with Crippen LogP contribution in [0.4, 0.5) is 5.69 Å². The molecule has 1 unspecified atom stereocenters. The number of ether oxygens (including phenoxy) is 1. The summed E-state index contributed by atoms with van der Waals surface area (Å²) < 4.78 is 5.39. The molecule has 0 spiro atoms. The van der Waals surface area contributed by atoms with E-state index in [0.717, 1.165) is 5.69 Å². The van der Waals surface area contributed by atoms with Crippen molar-refractivity contribution in [1.82, 2.24) is 5.32 Å². The van der Waals surface area contributed by atoms with E-state index in [1.54, 1.807) is 29.2 Å². The third-order valence-electron chi connectivity index (χ3n) is 3.97. The van der Waals surface area contributed by atoms with Crippen molar-refractivity contribution in [2.45, 2.75) is 12.5 Å². The standard InChI is InChI=1S/C19H17N3O3/c20-12-14-6-4-5-9-17(14)25-13-18(23)21-16-10-11-22(19(16)24)15-7-2-1-3-8-15/h1-9,16H,10-11,13H2,(H,21,23). The maximum absolute atomic E-state index is 12.4. The van der Waals surface area contributed by atoms with Crippen molar-refractivity contribution in [3.05, 3.63) is 60.2 Å². The predicted molar refractivity (Wildman–Crippen MR) is 92.0 cm³/mol. The zero-order chi connectivity index (χ0) is 17.6. The van der Waals surface area contributed by atoms with Gasteiger partial charge in [0, 0.05) is 12.2 Å². The second-order valence-corrected chi connectivity index (χ2v) is 5.63. The molecule has 6 heteroatoms. The van der Waals surface area contributed by atoms with Gasteiger partial charge in [0.2, 0.25) is 5.91 Å². The van der Waals surface area contributed by atoms with E-state index in [9.17, 15) is 9.59 Å². The zero-order valence-electron chi connectivity index (χ0n) is 13.5. The highest BCUT2D eigenvalue weighted by atomic mass is 16.5. The Morgan fingerprint density at radius 3 is 2.68 bits per heavy atom. The summed E-state index contributed by atoms with van der Waals surface area (Å²) in [5.74, 6) is -0.165. The monoisotopic (exact) mass is 335 g/mol. The zero-order valence-corrected chi connectivity index (χ0v) is 13.5. The van der Waals surface area contributed by atoms with Crippen molar-refractivity contribution in [2.24, 2.45) is 0 Å². The van der Waals surface area contributed by atoms with Crippen molar-refractivity contribution < 1.29 is 14.3 Å². The molecule has 1 N–H and O–H groups in total. The molecule has 1 aliphatic rings. The van der Waals surface area contributed by atoms with Crippen LogP contribution in [-0.4, -0.2) is 31.0 Å². The van der Waals surface area contributed by atoms with Gasteiger partial charge in [-0.25, -0.2) is 0 Å². The fourth-order valence-electron chi connectivity index (χ4n) is 2.74. The van der Waals surface area contributed by atoms with Crippen molar-refractivity contribution in [1.29, 1.82) is 5.26 Å². The topological polar surface area (TPSA) is 82.4 Å². The number of benzene rings is 2. The van der Waals surface area contributed by atoms with Crippen LogP contribution in [0.2, 0.25) is 0 Å². The summed E-state index contributed by atoms with van der Waals surface area (Å²) in [7, 11) is 0. The maximum atomic E-state index is 12.4. The van der Waals surface area contributed by atoms with Gasteiger partial charge in [-0.1, -0.05) is 30.3 Å². The molecule has 1 aliphatic heterocycles. The third-order valence-corrected chi connectivity index (χ3v) is 3.97. The Kier molecular flexibility index (Phi) is 4.95. The van der Waals surface area contributed by atoms with E-state index >= 15 is 0 Å². The molecule has 0 radical (unpaired) electrons. The van der Waals surface area contributed by atoms with Crippen molar-refractivity contribution >= 4 is 17.5 Å². The van der Waals surface area contributed by atoms with E-state index in [4.69, 9.17) is 10.00 Å². The molecule has 1 heterocycles. The lowest BCUT2D eigenvalue weighted by atomic mass is 10.2. The lowest BCUT2D eigenvalue weighted by molar-refractivity contribution is -0.127. The fourth-order valence-corrected chi connectivity index (χ4v) is 2.74. The summed E-state index contributed by atoms with van der Waals surface area (Å²) in [6.45, 7) is 0.319. The number of hydrogen-bond donors (Lipinski definition) is 1. The number of anilines is 1. The van der Waals surface area contributed by atoms with E-state index in [1.807, 2.05) is 36.4 Å². The highest BCUT2D eigenvalue weighted by Crippen LogP contribution is 2.21. The Labute approximate surface area is 145 Å². The number of carbonyl (C=O) groups is 2. The van der Waals surface area contributed by atoms with Crippen LogP contribution in [0.1, 0.15) is 12.0 Å². The Bertz CT molecular complexity index is 814. The molecule has 6 nitrogen and oxygen atoms in total. The van der Waals surface area contributed by atoms with Crippen molar-refractivity contribution in [2.75, 3.05) is 18.1 Å². The molecule has 2 aromatic carbocycles. The first-order valence-corrected chi connectivity index (χ1v) is 7.97. The first kappa shape index (κ1) is 16.5. The van der Waals surface area contributed by atoms with Crippen LogP contribution in [0.5, 0.6) is 5.75 Å². The van der Waals surface area contributed by atoms with Gasteiger partial charge in [0.05, 0.1) is 5.56 Å². The van der Waals surface area contributed by atoms with Crippen molar-refractivity contribution in [3.63, 3.8) is 0 Å². The van der Waals surface area contributed by atoms with Crippen LogP contribution in [-0.2, 0) is 9.59 Å². The van der Waals surface area contributed by atoms with Gasteiger partial charge in [-0.15, -0.1) is 0 Å². The molecule has 0 bridgehead atoms. The first-order chi connectivity index (χ1) is 12.2. The van der Waals surface area contributed by atoms with Crippen LogP contribution in [0.25, 0.3) is 0 Å². The molecule has 1 fully saturated rings. The number of amides is 2. The lowest BCUT2D eigenvalue weighted by Crippen LogP contribution is -2.43. The highest BCUT2D eigenvalue weighted by molar-refractivity contribution is 6.01. The van der Waals surface area contributed by atoms with Crippen molar-refractivity contribution in [3.8, 4) is 11.8 Å². The van der Waals surface area contributed by atoms with Gasteiger partial charge in [0.1, 0.15) is 17.9 Å². The largest absolute Gasteiger partial charge is 0.482 e. The van der Waals surface area contributed by atoms with Crippen LogP contribution in [0, 0.1) is 11.3 Å². The van der Waals surface area contributed by atoms with E-state index in [1.165, 1.54) is 0 Å². The van der Waals surface area contributed by atoms with Crippen LogP contribution in [0.15, 0.2) is 54.6 Å². The smallest absolute Gasteiger partial charge is 0.258 e. The summed E-state index contributed by atoms with van der Waals surface area (Å²) in [6.07, 6.45) is 0.550. The summed E-state index contributed by atoms with van der Waals surface area (Å²) in [4.78, 5) is 26.2. The average molecular weight is 335 g/mol. The van der Waals surface area contributed by atoms with Gasteiger partial charge in [0.25, 0.3) is 5.91 Å². The molecule has 2 amide bonds. The Balaban J connectivity index is 1.55. The lowest BCUT2D eigenvalue weighted by Gasteiger charge is -2.17. The summed E-state index contributed by atoms with van der Waals surface area (Å²) >= 11 is 0.